The lowest BCUT2D eigenvalue weighted by atomic mass is 10.0. The Kier molecular flexibility index (Phi) is 6.23. The zero-order valence-electron chi connectivity index (χ0n) is 15.7. The van der Waals surface area contributed by atoms with Crippen LogP contribution in [0.25, 0.3) is 11.1 Å². The van der Waals surface area contributed by atoms with E-state index in [4.69, 9.17) is 14.7 Å². The molecule has 3 aromatic rings. The summed E-state index contributed by atoms with van der Waals surface area (Å²) in [5.41, 5.74) is 3.19. The monoisotopic (exact) mass is 386 g/mol. The van der Waals surface area contributed by atoms with Crippen LogP contribution in [0.15, 0.2) is 72.8 Å². The summed E-state index contributed by atoms with van der Waals surface area (Å²) in [6, 6.07) is 23.2. The number of carbonyl (C=O) groups is 2. The first kappa shape index (κ1) is 19.6. The van der Waals surface area contributed by atoms with Crippen molar-refractivity contribution in [2.45, 2.75) is 0 Å². The number of nitriles is 1. The third-order valence-corrected chi connectivity index (χ3v) is 4.18. The fraction of sp³-hybridized carbons (Fsp3) is 0.0870. The number of para-hydroxylation sites is 1. The Labute approximate surface area is 168 Å². The van der Waals surface area contributed by atoms with E-state index in [0.717, 1.165) is 11.1 Å². The van der Waals surface area contributed by atoms with Crippen molar-refractivity contribution < 1.29 is 19.1 Å². The van der Waals surface area contributed by atoms with Crippen molar-refractivity contribution in [1.29, 1.82) is 5.26 Å². The molecule has 0 radical (unpaired) electrons. The Balaban J connectivity index is 1.59. The summed E-state index contributed by atoms with van der Waals surface area (Å²) in [4.78, 5) is 23.9. The maximum atomic E-state index is 12.2. The summed E-state index contributed by atoms with van der Waals surface area (Å²) >= 11 is 0. The standard InChI is InChI=1S/C23H18N2O4/c1-28-23(27)20-4-2-3-5-21(20)25-22(26)15-29-19-12-10-18(11-13-19)17-8-6-16(14-24)7-9-17/h2-13H,15H2,1H3,(H,25,26). The van der Waals surface area contributed by atoms with E-state index in [0.29, 0.717) is 17.0 Å². The Morgan fingerprint density at radius 3 is 2.17 bits per heavy atom. The molecular weight excluding hydrogens is 368 g/mol. The van der Waals surface area contributed by atoms with Crippen molar-refractivity contribution in [2.24, 2.45) is 0 Å². The second-order valence-corrected chi connectivity index (χ2v) is 6.09. The van der Waals surface area contributed by atoms with Crippen LogP contribution in [-0.4, -0.2) is 25.6 Å². The van der Waals surface area contributed by atoms with Crippen LogP contribution < -0.4 is 10.1 Å². The van der Waals surface area contributed by atoms with Crippen LogP contribution in [0.5, 0.6) is 5.75 Å². The molecule has 0 spiro atoms. The number of nitrogens with one attached hydrogen (secondary N) is 1. The molecule has 0 aromatic heterocycles. The Hall–Kier alpha value is -4.11. The fourth-order valence-electron chi connectivity index (χ4n) is 2.70. The Morgan fingerprint density at radius 2 is 1.55 bits per heavy atom. The normalized spacial score (nSPS) is 9.93. The molecule has 1 N–H and O–H groups in total. The number of nitrogens with zero attached hydrogens (tertiary/aromatic N) is 1. The van der Waals surface area contributed by atoms with Crippen molar-refractivity contribution >= 4 is 17.6 Å². The van der Waals surface area contributed by atoms with E-state index in [2.05, 4.69) is 11.4 Å². The van der Waals surface area contributed by atoms with Gasteiger partial charge in [-0.3, -0.25) is 4.79 Å². The number of hydrogen-bond acceptors (Lipinski definition) is 5. The van der Waals surface area contributed by atoms with Crippen LogP contribution in [0, 0.1) is 11.3 Å². The van der Waals surface area contributed by atoms with Gasteiger partial charge in [0.05, 0.1) is 30.0 Å². The zero-order chi connectivity index (χ0) is 20.6. The molecule has 0 saturated carbocycles. The lowest BCUT2D eigenvalue weighted by Crippen LogP contribution is -2.21. The minimum Gasteiger partial charge on any atom is -0.484 e. The molecule has 0 saturated heterocycles. The van der Waals surface area contributed by atoms with Crippen molar-refractivity contribution in [3.63, 3.8) is 0 Å². The Morgan fingerprint density at radius 1 is 0.931 bits per heavy atom. The van der Waals surface area contributed by atoms with Gasteiger partial charge in [-0.2, -0.15) is 5.26 Å². The van der Waals surface area contributed by atoms with Gasteiger partial charge >= 0.3 is 5.97 Å². The van der Waals surface area contributed by atoms with Crippen LogP contribution in [0.1, 0.15) is 15.9 Å². The van der Waals surface area contributed by atoms with Crippen LogP contribution in [0.2, 0.25) is 0 Å². The van der Waals surface area contributed by atoms with Gasteiger partial charge in [0.15, 0.2) is 6.61 Å². The first-order valence-electron chi connectivity index (χ1n) is 8.81. The summed E-state index contributed by atoms with van der Waals surface area (Å²) in [6.07, 6.45) is 0. The maximum absolute atomic E-state index is 12.2. The third kappa shape index (κ3) is 4.99. The number of carbonyl (C=O) groups excluding carboxylic acids is 2. The molecule has 144 valence electrons. The number of rotatable bonds is 6. The molecule has 0 aliphatic heterocycles. The number of benzene rings is 3. The predicted molar refractivity (Wildman–Crippen MR) is 108 cm³/mol. The highest BCUT2D eigenvalue weighted by Crippen LogP contribution is 2.23. The maximum Gasteiger partial charge on any atom is 0.339 e. The number of anilines is 1. The molecular formula is C23H18N2O4. The van der Waals surface area contributed by atoms with E-state index in [-0.39, 0.29) is 12.2 Å². The summed E-state index contributed by atoms with van der Waals surface area (Å²) < 4.78 is 10.2. The highest BCUT2D eigenvalue weighted by molar-refractivity contribution is 6.01. The van der Waals surface area contributed by atoms with Crippen LogP contribution >= 0.6 is 0 Å². The molecule has 0 bridgehead atoms. The van der Waals surface area contributed by atoms with E-state index >= 15 is 0 Å². The number of methoxy groups -OCH3 is 1. The molecule has 6 nitrogen and oxygen atoms in total. The third-order valence-electron chi connectivity index (χ3n) is 4.18. The second kappa shape index (κ2) is 9.20. The molecule has 3 rings (SSSR count). The summed E-state index contributed by atoms with van der Waals surface area (Å²) in [5.74, 6) is -0.378. The summed E-state index contributed by atoms with van der Waals surface area (Å²) in [6.45, 7) is -0.203. The minimum absolute atomic E-state index is 0.203. The lowest BCUT2D eigenvalue weighted by Gasteiger charge is -2.11. The number of amides is 1. The van der Waals surface area contributed by atoms with E-state index < -0.39 is 11.9 Å². The van der Waals surface area contributed by atoms with Gasteiger partial charge in [0, 0.05) is 0 Å². The predicted octanol–water partition coefficient (Wildman–Crippen LogP) is 4.03. The molecule has 3 aromatic carbocycles. The summed E-state index contributed by atoms with van der Waals surface area (Å²) in [7, 11) is 1.28. The fourth-order valence-corrected chi connectivity index (χ4v) is 2.70. The highest BCUT2D eigenvalue weighted by Gasteiger charge is 2.13. The molecule has 0 atom stereocenters. The lowest BCUT2D eigenvalue weighted by molar-refractivity contribution is -0.118. The van der Waals surface area contributed by atoms with Crippen LogP contribution in [0.4, 0.5) is 5.69 Å². The van der Waals surface area contributed by atoms with Gasteiger partial charge in [0.1, 0.15) is 5.75 Å². The second-order valence-electron chi connectivity index (χ2n) is 6.09. The van der Waals surface area contributed by atoms with E-state index in [1.165, 1.54) is 7.11 Å². The van der Waals surface area contributed by atoms with Gasteiger partial charge in [0.2, 0.25) is 0 Å². The molecule has 0 heterocycles. The molecule has 29 heavy (non-hydrogen) atoms. The van der Waals surface area contributed by atoms with Crippen molar-refractivity contribution in [3.05, 3.63) is 83.9 Å². The molecule has 0 aliphatic carbocycles. The average Bonchev–Trinajstić information content (AvgIpc) is 2.78. The molecule has 0 aliphatic rings. The first-order chi connectivity index (χ1) is 14.1. The van der Waals surface area contributed by atoms with Crippen molar-refractivity contribution in [1.82, 2.24) is 0 Å². The van der Waals surface area contributed by atoms with E-state index in [9.17, 15) is 9.59 Å². The quantitative estimate of drug-likeness (QED) is 0.646. The van der Waals surface area contributed by atoms with Gasteiger partial charge in [-0.15, -0.1) is 0 Å². The van der Waals surface area contributed by atoms with Gasteiger partial charge < -0.3 is 14.8 Å². The first-order valence-corrected chi connectivity index (χ1v) is 8.81. The average molecular weight is 386 g/mol. The smallest absolute Gasteiger partial charge is 0.339 e. The molecule has 0 fully saturated rings. The van der Waals surface area contributed by atoms with Crippen molar-refractivity contribution in [3.8, 4) is 22.9 Å². The van der Waals surface area contributed by atoms with Crippen LogP contribution in [0.3, 0.4) is 0 Å². The van der Waals surface area contributed by atoms with Crippen molar-refractivity contribution in [2.75, 3.05) is 19.0 Å². The van der Waals surface area contributed by atoms with Gasteiger partial charge in [-0.05, 0) is 47.5 Å². The van der Waals surface area contributed by atoms with Crippen LogP contribution in [-0.2, 0) is 9.53 Å². The molecule has 1 amide bonds. The minimum atomic E-state index is -0.528. The summed E-state index contributed by atoms with van der Waals surface area (Å²) in [5, 5.41) is 11.5. The van der Waals surface area contributed by atoms with Gasteiger partial charge in [-0.1, -0.05) is 36.4 Å². The topological polar surface area (TPSA) is 88.4 Å². The van der Waals surface area contributed by atoms with Gasteiger partial charge in [-0.25, -0.2) is 4.79 Å². The highest BCUT2D eigenvalue weighted by atomic mass is 16.5. The van der Waals surface area contributed by atoms with Gasteiger partial charge in [0.25, 0.3) is 5.91 Å². The van der Waals surface area contributed by atoms with E-state index in [1.807, 2.05) is 24.3 Å². The Bertz CT molecular complexity index is 1050. The zero-order valence-corrected chi connectivity index (χ0v) is 15.7. The number of hydrogen-bond donors (Lipinski definition) is 1. The number of ether oxygens (including phenoxy) is 2. The van der Waals surface area contributed by atoms with E-state index in [1.54, 1.807) is 48.5 Å². The SMILES string of the molecule is COC(=O)c1ccccc1NC(=O)COc1ccc(-c2ccc(C#N)cc2)cc1. The molecule has 0 unspecified atom stereocenters. The largest absolute Gasteiger partial charge is 0.484 e. The molecule has 6 heteroatoms. The number of esters is 1.